The lowest BCUT2D eigenvalue weighted by atomic mass is 10.0. The maximum Gasteiger partial charge on any atom is 0.253 e. The molecule has 0 radical (unpaired) electrons. The van der Waals surface area contributed by atoms with Crippen molar-refractivity contribution >= 4 is 21.8 Å². The molecule has 0 saturated heterocycles. The Labute approximate surface area is 98.4 Å². The fourth-order valence-electron chi connectivity index (χ4n) is 1.18. The highest BCUT2D eigenvalue weighted by atomic mass is 79.9. The maximum absolute atomic E-state index is 11.8. The van der Waals surface area contributed by atoms with Gasteiger partial charge in [0.2, 0.25) is 0 Å². The van der Waals surface area contributed by atoms with E-state index in [1.807, 2.05) is 13.8 Å². The quantitative estimate of drug-likeness (QED) is 0.854. The Hall–Kier alpha value is -0.900. The second-order valence-corrected chi connectivity index (χ2v) is 4.81. The highest BCUT2D eigenvalue weighted by molar-refractivity contribution is 9.09. The van der Waals surface area contributed by atoms with Crippen molar-refractivity contribution in [2.75, 3.05) is 5.33 Å². The fraction of sp³-hybridized carbons (Fsp3) is 0.455. The van der Waals surface area contributed by atoms with E-state index in [-0.39, 0.29) is 11.4 Å². The second-order valence-electron chi connectivity index (χ2n) is 4.02. The smallest absolute Gasteiger partial charge is 0.253 e. The molecule has 1 N–H and O–H groups in total. The third-order valence-corrected chi connectivity index (χ3v) is 2.49. The van der Waals surface area contributed by atoms with E-state index < -0.39 is 0 Å². The van der Waals surface area contributed by atoms with Crippen molar-refractivity contribution in [3.63, 3.8) is 0 Å². The van der Waals surface area contributed by atoms with Gasteiger partial charge in [-0.15, -0.1) is 0 Å². The predicted molar refractivity (Wildman–Crippen MR) is 64.2 cm³/mol. The minimum Gasteiger partial charge on any atom is -0.347 e. The molecule has 1 aromatic heterocycles. The summed E-state index contributed by atoms with van der Waals surface area (Å²) in [5.74, 6) is -0.0750. The summed E-state index contributed by atoms with van der Waals surface area (Å²) in [6.07, 6.45) is 4.11. The first-order chi connectivity index (χ1) is 7.05. The molecule has 0 aliphatic carbocycles. The topological polar surface area (TPSA) is 42.0 Å². The number of nitrogens with zero attached hydrogens (tertiary/aromatic N) is 1. The predicted octanol–water partition coefficient (Wildman–Crippen LogP) is 2.38. The molecule has 4 heteroatoms. The summed E-state index contributed by atoms with van der Waals surface area (Å²) in [4.78, 5) is 15.7. The molecule has 3 nitrogen and oxygen atoms in total. The summed E-state index contributed by atoms with van der Waals surface area (Å²) >= 11 is 3.37. The fourth-order valence-corrected chi connectivity index (χ4v) is 2.17. The second kappa shape index (κ2) is 5.26. The number of aromatic nitrogens is 1. The summed E-state index contributed by atoms with van der Waals surface area (Å²) in [5.41, 5.74) is 0.399. The molecule has 0 saturated carbocycles. The Bertz CT molecular complexity index is 325. The minimum absolute atomic E-state index is 0.0750. The molecule has 0 aromatic carbocycles. The molecule has 1 aromatic rings. The number of hydrogen-bond donors (Lipinski definition) is 1. The van der Waals surface area contributed by atoms with Crippen molar-refractivity contribution < 1.29 is 4.79 Å². The van der Waals surface area contributed by atoms with Crippen molar-refractivity contribution in [1.82, 2.24) is 10.3 Å². The molecule has 0 unspecified atom stereocenters. The summed E-state index contributed by atoms with van der Waals surface area (Å²) in [6.45, 7) is 4.01. The zero-order valence-corrected chi connectivity index (χ0v) is 10.5. The van der Waals surface area contributed by atoms with Crippen LogP contribution in [0.25, 0.3) is 0 Å². The van der Waals surface area contributed by atoms with Crippen molar-refractivity contribution in [1.29, 1.82) is 0 Å². The van der Waals surface area contributed by atoms with E-state index in [0.29, 0.717) is 5.56 Å². The van der Waals surface area contributed by atoms with E-state index >= 15 is 0 Å². The van der Waals surface area contributed by atoms with Gasteiger partial charge >= 0.3 is 0 Å². The highest BCUT2D eigenvalue weighted by Crippen LogP contribution is 2.11. The molecule has 82 valence electrons. The zero-order chi connectivity index (χ0) is 11.3. The number of amides is 1. The molecule has 0 bridgehead atoms. The van der Waals surface area contributed by atoms with Gasteiger partial charge in [0.05, 0.1) is 5.56 Å². The number of pyridine rings is 1. The number of rotatable bonds is 4. The average molecular weight is 271 g/mol. The monoisotopic (exact) mass is 270 g/mol. The molecule has 1 rings (SSSR count). The van der Waals surface area contributed by atoms with Crippen LogP contribution in [0, 0.1) is 0 Å². The SMILES string of the molecule is CC(C)(CCBr)NC(=O)c1cccnc1. The molecule has 1 heterocycles. The van der Waals surface area contributed by atoms with E-state index in [4.69, 9.17) is 0 Å². The summed E-state index contributed by atoms with van der Waals surface area (Å²) in [6, 6.07) is 3.51. The molecule has 0 aliphatic heterocycles. The van der Waals surface area contributed by atoms with Crippen LogP contribution in [0.15, 0.2) is 24.5 Å². The van der Waals surface area contributed by atoms with Crippen molar-refractivity contribution in [2.24, 2.45) is 0 Å². The van der Waals surface area contributed by atoms with E-state index in [1.165, 1.54) is 0 Å². The Balaban J connectivity index is 2.64. The number of hydrogen-bond acceptors (Lipinski definition) is 2. The van der Waals surface area contributed by atoms with Crippen LogP contribution in [0.1, 0.15) is 30.6 Å². The molecule has 15 heavy (non-hydrogen) atoms. The van der Waals surface area contributed by atoms with Gasteiger partial charge < -0.3 is 5.32 Å². The number of alkyl halides is 1. The van der Waals surface area contributed by atoms with Crippen LogP contribution in [0.5, 0.6) is 0 Å². The lowest BCUT2D eigenvalue weighted by Crippen LogP contribution is -2.43. The average Bonchev–Trinajstić information content (AvgIpc) is 2.18. The molecule has 1 amide bonds. The van der Waals surface area contributed by atoms with Gasteiger partial charge in [-0.2, -0.15) is 0 Å². The van der Waals surface area contributed by atoms with E-state index in [2.05, 4.69) is 26.2 Å². The molecule has 0 fully saturated rings. The number of carbonyl (C=O) groups is 1. The van der Waals surface area contributed by atoms with Gasteiger partial charge in [0.1, 0.15) is 0 Å². The summed E-state index contributed by atoms with van der Waals surface area (Å²) < 4.78 is 0. The first-order valence-corrected chi connectivity index (χ1v) is 5.96. The Morgan fingerprint density at radius 1 is 1.60 bits per heavy atom. The van der Waals surface area contributed by atoms with Crippen LogP contribution in [-0.2, 0) is 0 Å². The molecular weight excluding hydrogens is 256 g/mol. The van der Waals surface area contributed by atoms with Gasteiger partial charge in [-0.25, -0.2) is 0 Å². The third-order valence-electron chi connectivity index (χ3n) is 2.10. The van der Waals surface area contributed by atoms with Crippen LogP contribution in [0.4, 0.5) is 0 Å². The highest BCUT2D eigenvalue weighted by Gasteiger charge is 2.20. The third kappa shape index (κ3) is 4.00. The van der Waals surface area contributed by atoms with E-state index in [0.717, 1.165) is 11.8 Å². The van der Waals surface area contributed by atoms with Crippen LogP contribution in [-0.4, -0.2) is 21.8 Å². The van der Waals surface area contributed by atoms with E-state index in [1.54, 1.807) is 24.5 Å². The molecular formula is C11H15BrN2O. The van der Waals surface area contributed by atoms with Gasteiger partial charge in [0.15, 0.2) is 0 Å². The molecule has 0 aliphatic rings. The van der Waals surface area contributed by atoms with Gasteiger partial charge in [-0.1, -0.05) is 15.9 Å². The summed E-state index contributed by atoms with van der Waals surface area (Å²) in [7, 11) is 0. The summed E-state index contributed by atoms with van der Waals surface area (Å²) in [5, 5.41) is 3.83. The van der Waals surface area contributed by atoms with Crippen molar-refractivity contribution in [2.45, 2.75) is 25.8 Å². The van der Waals surface area contributed by atoms with Crippen LogP contribution >= 0.6 is 15.9 Å². The first-order valence-electron chi connectivity index (χ1n) is 4.84. The lowest BCUT2D eigenvalue weighted by molar-refractivity contribution is 0.0911. The Kier molecular flexibility index (Phi) is 4.27. The Morgan fingerprint density at radius 3 is 2.87 bits per heavy atom. The lowest BCUT2D eigenvalue weighted by Gasteiger charge is -2.25. The van der Waals surface area contributed by atoms with E-state index in [9.17, 15) is 4.79 Å². The normalized spacial score (nSPS) is 11.1. The van der Waals surface area contributed by atoms with Crippen molar-refractivity contribution in [3.05, 3.63) is 30.1 Å². The minimum atomic E-state index is -0.198. The first kappa shape index (κ1) is 12.2. The van der Waals surface area contributed by atoms with Gasteiger partial charge in [0, 0.05) is 23.3 Å². The molecule has 0 spiro atoms. The van der Waals surface area contributed by atoms with Crippen LogP contribution in [0.2, 0.25) is 0 Å². The largest absolute Gasteiger partial charge is 0.347 e. The van der Waals surface area contributed by atoms with Gasteiger partial charge in [-0.3, -0.25) is 9.78 Å². The zero-order valence-electron chi connectivity index (χ0n) is 8.96. The number of nitrogens with one attached hydrogen (secondary N) is 1. The Morgan fingerprint density at radius 2 is 2.33 bits per heavy atom. The van der Waals surface area contributed by atoms with Crippen LogP contribution < -0.4 is 5.32 Å². The molecule has 0 atom stereocenters. The maximum atomic E-state index is 11.8. The van der Waals surface area contributed by atoms with Crippen LogP contribution in [0.3, 0.4) is 0 Å². The van der Waals surface area contributed by atoms with Crippen molar-refractivity contribution in [3.8, 4) is 0 Å². The van der Waals surface area contributed by atoms with Gasteiger partial charge in [-0.05, 0) is 32.4 Å². The number of carbonyl (C=O) groups excluding carboxylic acids is 1. The standard InChI is InChI=1S/C11H15BrN2O/c1-11(2,5-6-12)14-10(15)9-4-3-7-13-8-9/h3-4,7-8H,5-6H2,1-2H3,(H,14,15). The number of halogens is 1. The van der Waals surface area contributed by atoms with Gasteiger partial charge in [0.25, 0.3) is 5.91 Å².